The molecule has 0 aliphatic rings. The standard InChI is InChI=1S/C13H11IN2O3/c1-8(16)10(6-15)12(17)7-19-13(18)9-4-2-3-5-11(9)14/h2-5H,7,16H2,1H3/b10-8+. The minimum atomic E-state index is -0.609. The van der Waals surface area contributed by atoms with Crippen LogP contribution < -0.4 is 5.73 Å². The van der Waals surface area contributed by atoms with Gasteiger partial charge in [0.15, 0.2) is 6.61 Å². The minimum absolute atomic E-state index is 0.109. The molecule has 0 radical (unpaired) electrons. The number of nitriles is 1. The Hall–Kier alpha value is -1.88. The van der Waals surface area contributed by atoms with Gasteiger partial charge in [-0.1, -0.05) is 12.1 Å². The van der Waals surface area contributed by atoms with Crippen LogP contribution in [0.4, 0.5) is 0 Å². The molecule has 1 aromatic carbocycles. The number of nitrogens with two attached hydrogens (primary N) is 1. The van der Waals surface area contributed by atoms with Crippen molar-refractivity contribution in [2.24, 2.45) is 5.73 Å². The van der Waals surface area contributed by atoms with Gasteiger partial charge in [-0.15, -0.1) is 0 Å². The Morgan fingerprint density at radius 3 is 2.58 bits per heavy atom. The van der Waals surface area contributed by atoms with E-state index in [1.165, 1.54) is 6.92 Å². The van der Waals surface area contributed by atoms with Crippen molar-refractivity contribution in [3.63, 3.8) is 0 Å². The number of carbonyl (C=O) groups is 2. The molecule has 0 aliphatic heterocycles. The number of halogens is 1. The second kappa shape index (κ2) is 6.89. The van der Waals surface area contributed by atoms with Gasteiger partial charge in [-0.05, 0) is 41.6 Å². The van der Waals surface area contributed by atoms with Crippen LogP contribution in [-0.4, -0.2) is 18.4 Å². The lowest BCUT2D eigenvalue weighted by Gasteiger charge is -2.05. The molecule has 0 unspecified atom stereocenters. The molecule has 0 heterocycles. The first kappa shape index (κ1) is 15.2. The van der Waals surface area contributed by atoms with Crippen LogP contribution in [0.15, 0.2) is 35.5 Å². The molecule has 5 nitrogen and oxygen atoms in total. The molecule has 19 heavy (non-hydrogen) atoms. The lowest BCUT2D eigenvalue weighted by molar-refractivity contribution is -0.118. The van der Waals surface area contributed by atoms with Gasteiger partial charge in [-0.2, -0.15) is 5.26 Å². The van der Waals surface area contributed by atoms with Crippen molar-refractivity contribution in [3.8, 4) is 6.07 Å². The molecule has 0 fully saturated rings. The zero-order valence-corrected chi connectivity index (χ0v) is 12.3. The monoisotopic (exact) mass is 370 g/mol. The van der Waals surface area contributed by atoms with E-state index in [2.05, 4.69) is 0 Å². The van der Waals surface area contributed by atoms with Crippen molar-refractivity contribution >= 4 is 34.3 Å². The van der Waals surface area contributed by atoms with Crippen LogP contribution in [0.1, 0.15) is 17.3 Å². The van der Waals surface area contributed by atoms with E-state index in [0.29, 0.717) is 5.56 Å². The quantitative estimate of drug-likeness (QED) is 0.377. The molecule has 98 valence electrons. The molecule has 0 atom stereocenters. The van der Waals surface area contributed by atoms with E-state index in [0.717, 1.165) is 3.57 Å². The second-order valence-electron chi connectivity index (χ2n) is 3.65. The van der Waals surface area contributed by atoms with Crippen molar-refractivity contribution in [2.75, 3.05) is 6.61 Å². The van der Waals surface area contributed by atoms with Gasteiger partial charge >= 0.3 is 5.97 Å². The molecule has 6 heteroatoms. The number of carbonyl (C=O) groups excluding carboxylic acids is 2. The predicted molar refractivity (Wildman–Crippen MR) is 76.9 cm³/mol. The van der Waals surface area contributed by atoms with E-state index in [4.69, 9.17) is 15.7 Å². The number of benzene rings is 1. The number of ether oxygens (including phenoxy) is 1. The Morgan fingerprint density at radius 2 is 2.05 bits per heavy atom. The van der Waals surface area contributed by atoms with E-state index >= 15 is 0 Å². The fourth-order valence-electron chi connectivity index (χ4n) is 1.28. The lowest BCUT2D eigenvalue weighted by Crippen LogP contribution is -2.18. The summed E-state index contributed by atoms with van der Waals surface area (Å²) in [5.41, 5.74) is 5.69. The third-order valence-corrected chi connectivity index (χ3v) is 3.15. The van der Waals surface area contributed by atoms with Gasteiger partial charge in [0.05, 0.1) is 5.56 Å². The van der Waals surface area contributed by atoms with Crippen LogP contribution in [0.5, 0.6) is 0 Å². The van der Waals surface area contributed by atoms with Crippen LogP contribution in [0.3, 0.4) is 0 Å². The summed E-state index contributed by atoms with van der Waals surface area (Å²) < 4.78 is 5.60. The number of Topliss-reactive ketones (excluding diaryl/α,β-unsaturated/α-hetero) is 1. The molecule has 0 amide bonds. The van der Waals surface area contributed by atoms with E-state index in [-0.39, 0.29) is 11.3 Å². The summed E-state index contributed by atoms with van der Waals surface area (Å²) in [6, 6.07) is 8.53. The summed E-state index contributed by atoms with van der Waals surface area (Å²) in [6.07, 6.45) is 0. The van der Waals surface area contributed by atoms with Crippen LogP contribution in [-0.2, 0) is 9.53 Å². The third-order valence-electron chi connectivity index (χ3n) is 2.21. The molecular formula is C13H11IN2O3. The molecule has 2 N–H and O–H groups in total. The molecule has 0 saturated heterocycles. The fraction of sp³-hybridized carbons (Fsp3) is 0.154. The molecule has 1 aromatic rings. The van der Waals surface area contributed by atoms with Crippen LogP contribution in [0, 0.1) is 14.9 Å². The Bertz CT molecular complexity index is 584. The van der Waals surface area contributed by atoms with Crippen molar-refractivity contribution in [1.29, 1.82) is 5.26 Å². The first-order valence-corrected chi connectivity index (χ1v) is 6.36. The summed E-state index contributed by atoms with van der Waals surface area (Å²) in [5.74, 6) is -1.22. The van der Waals surface area contributed by atoms with Crippen molar-refractivity contribution in [3.05, 3.63) is 44.7 Å². The molecular weight excluding hydrogens is 359 g/mol. The molecule has 0 saturated carbocycles. The lowest BCUT2D eigenvalue weighted by atomic mass is 10.1. The highest BCUT2D eigenvalue weighted by atomic mass is 127. The summed E-state index contributed by atoms with van der Waals surface area (Å²) in [4.78, 5) is 23.3. The first-order chi connectivity index (χ1) is 8.97. The Kier molecular flexibility index (Phi) is 5.51. The van der Waals surface area contributed by atoms with Gasteiger partial charge in [-0.25, -0.2) is 4.79 Å². The number of ketones is 1. The smallest absolute Gasteiger partial charge is 0.339 e. The minimum Gasteiger partial charge on any atom is -0.454 e. The number of hydrogen-bond acceptors (Lipinski definition) is 5. The highest BCUT2D eigenvalue weighted by Crippen LogP contribution is 2.12. The normalized spacial score (nSPS) is 11.2. The van der Waals surface area contributed by atoms with Crippen molar-refractivity contribution in [2.45, 2.75) is 6.92 Å². The maximum Gasteiger partial charge on any atom is 0.339 e. The Balaban J connectivity index is 2.72. The van der Waals surface area contributed by atoms with Crippen molar-refractivity contribution in [1.82, 2.24) is 0 Å². The van der Waals surface area contributed by atoms with Gasteiger partial charge in [0.25, 0.3) is 0 Å². The zero-order chi connectivity index (χ0) is 14.4. The summed E-state index contributed by atoms with van der Waals surface area (Å²) in [6.45, 7) is 0.944. The van der Waals surface area contributed by atoms with Crippen LogP contribution in [0.2, 0.25) is 0 Å². The third kappa shape index (κ3) is 4.06. The van der Waals surface area contributed by atoms with E-state index < -0.39 is 18.4 Å². The number of hydrogen-bond donors (Lipinski definition) is 1. The topological polar surface area (TPSA) is 93.2 Å². The average Bonchev–Trinajstić information content (AvgIpc) is 2.37. The maximum absolute atomic E-state index is 11.7. The summed E-state index contributed by atoms with van der Waals surface area (Å²) >= 11 is 2.00. The molecule has 1 rings (SSSR count). The van der Waals surface area contributed by atoms with Crippen LogP contribution >= 0.6 is 22.6 Å². The molecule has 0 bridgehead atoms. The SMILES string of the molecule is C/C(N)=C(/C#N)C(=O)COC(=O)c1ccccc1I. The molecule has 0 aromatic heterocycles. The van der Waals surface area contributed by atoms with Crippen LogP contribution in [0.25, 0.3) is 0 Å². The molecule has 0 aliphatic carbocycles. The predicted octanol–water partition coefficient (Wildman–Crippen LogP) is 1.77. The largest absolute Gasteiger partial charge is 0.454 e. The van der Waals surface area contributed by atoms with Gasteiger partial charge in [0.1, 0.15) is 11.6 Å². The first-order valence-electron chi connectivity index (χ1n) is 5.28. The highest BCUT2D eigenvalue weighted by Gasteiger charge is 2.16. The van der Waals surface area contributed by atoms with Gasteiger partial charge in [-0.3, -0.25) is 4.79 Å². The average molecular weight is 370 g/mol. The molecule has 0 spiro atoms. The van der Waals surface area contributed by atoms with Gasteiger partial charge in [0, 0.05) is 9.27 Å². The Labute approximate surface area is 124 Å². The number of esters is 1. The van der Waals surface area contributed by atoms with E-state index in [1.54, 1.807) is 30.3 Å². The van der Waals surface area contributed by atoms with Gasteiger partial charge < -0.3 is 10.5 Å². The summed E-state index contributed by atoms with van der Waals surface area (Å²) in [7, 11) is 0. The van der Waals surface area contributed by atoms with E-state index in [9.17, 15) is 9.59 Å². The Morgan fingerprint density at radius 1 is 1.42 bits per heavy atom. The fourth-order valence-corrected chi connectivity index (χ4v) is 1.89. The number of allylic oxidation sites excluding steroid dienone is 1. The zero-order valence-electron chi connectivity index (χ0n) is 10.1. The van der Waals surface area contributed by atoms with Crippen molar-refractivity contribution < 1.29 is 14.3 Å². The second-order valence-corrected chi connectivity index (χ2v) is 4.81. The summed E-state index contributed by atoms with van der Waals surface area (Å²) in [5, 5.41) is 8.74. The van der Waals surface area contributed by atoms with E-state index in [1.807, 2.05) is 22.6 Å². The van der Waals surface area contributed by atoms with Gasteiger partial charge in [0.2, 0.25) is 5.78 Å². The number of nitrogens with zero attached hydrogens (tertiary/aromatic N) is 1. The maximum atomic E-state index is 11.7. The highest BCUT2D eigenvalue weighted by molar-refractivity contribution is 14.1. The number of rotatable bonds is 4.